The number of nitrogens with one attached hydrogen (secondary N) is 4. The predicted octanol–water partition coefficient (Wildman–Crippen LogP) is -4.26. The molecule has 0 fully saturated rings. The van der Waals surface area contributed by atoms with Gasteiger partial charge in [-0.15, -0.1) is 0 Å². The first-order valence-electron chi connectivity index (χ1n) is 26.4. The van der Waals surface area contributed by atoms with Crippen molar-refractivity contribution in [2.45, 2.75) is 170 Å². The molecule has 0 bridgehead atoms. The molecule has 0 saturated heterocycles. The maximum atomic E-state index is 11.4. The number of nitrogens with two attached hydrogens (primary N) is 16. The molecule has 78 heavy (non-hydrogen) atoms. The number of hydrogen-bond acceptors (Lipinski definition) is 24. The van der Waals surface area contributed by atoms with Gasteiger partial charge in [-0.3, -0.25) is 49.4 Å². The van der Waals surface area contributed by atoms with Crippen LogP contribution in [0, 0.1) is 35.5 Å². The van der Waals surface area contributed by atoms with Crippen LogP contribution in [-0.2, 0) is 28.8 Å². The second kappa shape index (κ2) is 50.0. The Kier molecular flexibility index (Phi) is 53.9. The lowest BCUT2D eigenvalue weighted by Gasteiger charge is -2.15. The Morgan fingerprint density at radius 3 is 0.897 bits per heavy atom. The molecule has 0 unspecified atom stereocenters. The van der Waals surface area contributed by atoms with E-state index >= 15 is 0 Å². The van der Waals surface area contributed by atoms with Gasteiger partial charge in [-0.05, 0) is 38.5 Å². The van der Waals surface area contributed by atoms with Gasteiger partial charge in [0.15, 0.2) is 46.6 Å². The Balaban J connectivity index is -0.000000200. The second-order valence-corrected chi connectivity index (χ2v) is 20.2. The summed E-state index contributed by atoms with van der Waals surface area (Å²) < 4.78 is 0. The predicted molar refractivity (Wildman–Crippen MR) is 319 cm³/mol. The number of nitrogens with zero attached hydrogens (tertiary/aromatic N) is 2. The maximum absolute atomic E-state index is 11.4. The third-order valence-electron chi connectivity index (χ3n) is 10.3. The highest BCUT2D eigenvalue weighted by Crippen LogP contribution is 2.06. The normalized spacial score (nSPS) is 13.0. The summed E-state index contributed by atoms with van der Waals surface area (Å²) in [4.78, 5) is 75.3. The van der Waals surface area contributed by atoms with E-state index < -0.39 is 36.7 Å². The van der Waals surface area contributed by atoms with E-state index in [0.717, 1.165) is 12.8 Å². The summed E-state index contributed by atoms with van der Waals surface area (Å²) in [6.45, 7) is 31.9. The third-order valence-corrected chi connectivity index (χ3v) is 10.3. The Morgan fingerprint density at radius 2 is 0.615 bits per heavy atom. The van der Waals surface area contributed by atoms with Gasteiger partial charge < -0.3 is 102 Å². The summed E-state index contributed by atoms with van der Waals surface area (Å²) in [5.41, 5.74) is 85.7. The van der Waals surface area contributed by atoms with Crippen LogP contribution in [0.5, 0.6) is 0 Å². The molecular weight excluding hydrogens is 1000 g/mol. The zero-order chi connectivity index (χ0) is 62.6. The number of ketones is 6. The molecule has 0 aliphatic rings. The molecule has 0 aromatic heterocycles. The standard InChI is InChI=1S/C10H21N3O.C9H20N4O.C9H19N3O.C8H18N4O.2C7H18N4O/c1-7(2)10(14)9(12)5-4-6-13-8(3)11;1-6(2)8(14)7(10)4-3-5-13-9(11)12;1-6(2)9(13)8(11)4-5-12-7(3)10;1-5(2)7(13)6(9)3-4-12-8(10)11;2*1-4(2)6(12)5(8)3-11-7(9)10/h7,9,13H,3-6,11-12H2,1-2H3;6-7H,3-5,10H2,1-2H3,(H4,11,12,13);6,8,12H,3-5,10-11H2,1-2H3;5-6H,3-4,9H2,1-2H3,(H4,10,11,12);2*4-5,7,11H,3,8-10H2,1-2H3/t9-;7-;8-;6-;2*5-/m100110/s1. The highest BCUT2D eigenvalue weighted by atomic mass is 16.1. The van der Waals surface area contributed by atoms with Gasteiger partial charge in [-0.25, -0.2) is 0 Å². The van der Waals surface area contributed by atoms with Gasteiger partial charge in [-0.1, -0.05) is 96.2 Å². The van der Waals surface area contributed by atoms with Crippen LogP contribution in [0.1, 0.15) is 122 Å². The molecule has 28 heteroatoms. The van der Waals surface area contributed by atoms with Gasteiger partial charge in [0, 0.05) is 74.8 Å². The highest BCUT2D eigenvalue weighted by molar-refractivity contribution is 5.87. The van der Waals surface area contributed by atoms with Crippen LogP contribution >= 0.6 is 0 Å². The summed E-state index contributed by atoms with van der Waals surface area (Å²) in [5.74, 6) is 1.23. The van der Waals surface area contributed by atoms with Crippen molar-refractivity contribution in [1.29, 1.82) is 0 Å². The third kappa shape index (κ3) is 55.5. The summed E-state index contributed by atoms with van der Waals surface area (Å²) in [5, 5.41) is 11.1. The monoisotopic (exact) mass is 1120 g/mol. The van der Waals surface area contributed by atoms with E-state index in [0.29, 0.717) is 76.6 Å². The minimum Gasteiger partial charge on any atom is -0.386 e. The number of aliphatic imine (C=N–C) groups is 2. The highest BCUT2D eigenvalue weighted by Gasteiger charge is 2.20. The Labute approximate surface area is 467 Å². The topological polar surface area (TPSA) is 592 Å². The smallest absolute Gasteiger partial charge is 0.185 e. The number of carbonyl (C=O) groups excluding carboxylic acids is 6. The lowest BCUT2D eigenvalue weighted by molar-refractivity contribution is -0.124. The molecule has 0 aromatic rings. The minimum absolute atomic E-state index is 0.00363. The molecule has 28 nitrogen and oxygen atoms in total. The van der Waals surface area contributed by atoms with Crippen LogP contribution in [0.25, 0.3) is 0 Å². The van der Waals surface area contributed by atoms with Gasteiger partial charge in [-0.2, -0.15) is 0 Å². The van der Waals surface area contributed by atoms with Gasteiger partial charge in [0.1, 0.15) is 12.6 Å². The Hall–Kier alpha value is -5.24. The molecular formula is C50H114N22O6. The van der Waals surface area contributed by atoms with Crippen LogP contribution in [0.3, 0.4) is 0 Å². The molecule has 0 saturated carbocycles. The van der Waals surface area contributed by atoms with Crippen LogP contribution < -0.4 is 113 Å². The van der Waals surface area contributed by atoms with Crippen LogP contribution in [0.15, 0.2) is 34.8 Å². The number of carbonyl (C=O) groups is 6. The number of Topliss-reactive ketones (excluding diaryl/α,β-unsaturated/α-hetero) is 6. The minimum atomic E-state index is -0.615. The average Bonchev–Trinajstić information content (AvgIpc) is 3.33. The van der Waals surface area contributed by atoms with Gasteiger partial charge >= 0.3 is 0 Å². The van der Waals surface area contributed by atoms with E-state index in [1.807, 2.05) is 83.1 Å². The summed E-state index contributed by atoms with van der Waals surface area (Å²) >= 11 is 0. The molecule has 6 atom stereocenters. The Bertz CT molecular complexity index is 1680. The lowest BCUT2D eigenvalue weighted by atomic mass is 9.99. The van der Waals surface area contributed by atoms with Crippen LogP contribution in [-0.4, -0.2) is 135 Å². The zero-order valence-electron chi connectivity index (χ0n) is 49.6. The molecule has 0 radical (unpaired) electrons. The SMILES string of the molecule is C=C(N)NCCC[C@@H](N)C(=O)C(C)C.C=C(N)NCC[C@H](N)C(=O)C(C)C.CC(C)C(=O)[C@@H](N)CCCN=C(N)N.CC(C)C(=O)[C@@H](N)CNC(N)N.CC(C)C(=O)[C@H](N)CCN=C(N)N.CC(C)C(=O)[C@H](N)CNC(N)N. The van der Waals surface area contributed by atoms with Crippen molar-refractivity contribution < 1.29 is 28.8 Å². The Morgan fingerprint density at radius 1 is 0.359 bits per heavy atom. The van der Waals surface area contributed by atoms with Gasteiger partial charge in [0.25, 0.3) is 0 Å². The van der Waals surface area contributed by atoms with Crippen molar-refractivity contribution in [2.24, 2.45) is 137 Å². The van der Waals surface area contributed by atoms with E-state index in [2.05, 4.69) is 44.4 Å². The van der Waals surface area contributed by atoms with Crippen molar-refractivity contribution in [2.75, 3.05) is 39.3 Å². The lowest BCUT2D eigenvalue weighted by Crippen LogP contribution is -2.52. The second-order valence-electron chi connectivity index (χ2n) is 20.2. The van der Waals surface area contributed by atoms with Crippen LogP contribution in [0.4, 0.5) is 0 Å². The first-order chi connectivity index (χ1) is 35.7. The quantitative estimate of drug-likeness (QED) is 0.0126. The molecule has 0 rings (SSSR count). The van der Waals surface area contributed by atoms with Crippen molar-refractivity contribution in [3.63, 3.8) is 0 Å². The molecule has 0 aliphatic carbocycles. The number of guanidine groups is 2. The largest absolute Gasteiger partial charge is 0.386 e. The molecule has 0 aromatic carbocycles. The van der Waals surface area contributed by atoms with E-state index in [1.165, 1.54) is 0 Å². The fourth-order valence-electron chi connectivity index (χ4n) is 5.68. The summed E-state index contributed by atoms with van der Waals surface area (Å²) in [6.07, 6.45) is 2.74. The van der Waals surface area contributed by atoms with Crippen LogP contribution in [0.2, 0.25) is 0 Å². The first kappa shape index (κ1) is 84.1. The maximum Gasteiger partial charge on any atom is 0.185 e. The average molecular weight is 1120 g/mol. The van der Waals surface area contributed by atoms with Gasteiger partial charge in [0.2, 0.25) is 0 Å². The molecule has 460 valence electrons. The first-order valence-corrected chi connectivity index (χ1v) is 26.4. The number of hydrogen-bond donors (Lipinski definition) is 20. The van der Waals surface area contributed by atoms with E-state index in [1.54, 1.807) is 0 Å². The summed E-state index contributed by atoms with van der Waals surface area (Å²) in [7, 11) is 0. The molecule has 0 amide bonds. The zero-order valence-corrected chi connectivity index (χ0v) is 49.6. The van der Waals surface area contributed by atoms with E-state index in [9.17, 15) is 28.8 Å². The van der Waals surface area contributed by atoms with Crippen molar-refractivity contribution in [3.8, 4) is 0 Å². The summed E-state index contributed by atoms with van der Waals surface area (Å²) in [6, 6.07) is -2.61. The number of rotatable bonds is 34. The van der Waals surface area contributed by atoms with E-state index in [-0.39, 0.29) is 94.2 Å². The van der Waals surface area contributed by atoms with Crippen molar-refractivity contribution in [1.82, 2.24) is 21.3 Å². The molecule has 0 spiro atoms. The molecule has 0 heterocycles. The van der Waals surface area contributed by atoms with Crippen molar-refractivity contribution in [3.05, 3.63) is 24.8 Å². The van der Waals surface area contributed by atoms with Gasteiger partial charge in [0.05, 0.1) is 47.9 Å². The molecule has 0 aliphatic heterocycles. The van der Waals surface area contributed by atoms with E-state index in [4.69, 9.17) is 91.7 Å². The van der Waals surface area contributed by atoms with Crippen molar-refractivity contribution >= 4 is 46.6 Å². The molecule has 36 N–H and O–H groups in total. The fraction of sp³-hybridized carbons (Fsp3) is 0.760. The fourth-order valence-corrected chi connectivity index (χ4v) is 5.68.